The zero-order chi connectivity index (χ0) is 26.4. The average molecular weight is 517 g/mol. The van der Waals surface area contributed by atoms with E-state index >= 15 is 0 Å². The number of aliphatic hydroxyl groups excluding tert-OH is 1. The van der Waals surface area contributed by atoms with Gasteiger partial charge in [0, 0.05) is 13.3 Å². The van der Waals surface area contributed by atoms with Crippen LogP contribution in [0.15, 0.2) is 48.6 Å². The molecule has 35 heavy (non-hydrogen) atoms. The Morgan fingerprint density at radius 3 is 2.29 bits per heavy atom. The summed E-state index contributed by atoms with van der Waals surface area (Å²) in [5.74, 6) is -1.18. The highest BCUT2D eigenvalue weighted by Gasteiger charge is 2.21. The van der Waals surface area contributed by atoms with E-state index in [-0.39, 0.29) is 19.1 Å². The number of allylic oxidation sites excluding steroid dienone is 7. The monoisotopic (exact) mass is 516 g/mol. The zero-order valence-corrected chi connectivity index (χ0v) is 21.7. The maximum absolute atomic E-state index is 11.8. The van der Waals surface area contributed by atoms with E-state index in [1.165, 1.54) is 0 Å². The predicted octanol–water partition coefficient (Wildman–Crippen LogP) is 4.69. The molecule has 0 aromatic carbocycles. The molecule has 0 saturated heterocycles. The highest BCUT2D eigenvalue weighted by atomic mass is 31.2. The van der Waals surface area contributed by atoms with Crippen molar-refractivity contribution in [3.63, 3.8) is 0 Å². The van der Waals surface area contributed by atoms with Gasteiger partial charge >= 0.3 is 19.8 Å². The van der Waals surface area contributed by atoms with Gasteiger partial charge in [0.15, 0.2) is 6.10 Å². The number of hydrogen-bond donors (Lipinski definition) is 3. The molecule has 0 unspecified atom stereocenters. The van der Waals surface area contributed by atoms with E-state index < -0.39 is 32.5 Å². The minimum atomic E-state index is -4.72. The summed E-state index contributed by atoms with van der Waals surface area (Å²) in [5.41, 5.74) is 0. The van der Waals surface area contributed by atoms with Gasteiger partial charge in [-0.05, 0) is 32.1 Å². The van der Waals surface area contributed by atoms with Crippen molar-refractivity contribution in [3.8, 4) is 0 Å². The molecule has 0 bridgehead atoms. The quantitative estimate of drug-likeness (QED) is 0.0691. The third kappa shape index (κ3) is 24.9. The van der Waals surface area contributed by atoms with Crippen molar-refractivity contribution in [2.45, 2.75) is 83.8 Å². The summed E-state index contributed by atoms with van der Waals surface area (Å²) in [6.45, 7) is 2.35. The van der Waals surface area contributed by atoms with Crippen LogP contribution in [0, 0.1) is 0 Å². The van der Waals surface area contributed by atoms with Crippen LogP contribution in [0.4, 0.5) is 0 Å². The van der Waals surface area contributed by atoms with Gasteiger partial charge in [-0.2, -0.15) is 0 Å². The van der Waals surface area contributed by atoms with Gasteiger partial charge in [-0.15, -0.1) is 0 Å². The summed E-state index contributed by atoms with van der Waals surface area (Å²) in [6, 6.07) is 0. The molecule has 0 rings (SSSR count). The molecule has 10 heteroatoms. The van der Waals surface area contributed by atoms with E-state index in [1.54, 1.807) is 0 Å². The first-order valence-corrected chi connectivity index (χ1v) is 13.5. The predicted molar refractivity (Wildman–Crippen MR) is 134 cm³/mol. The minimum absolute atomic E-state index is 0.165. The van der Waals surface area contributed by atoms with Crippen molar-refractivity contribution < 1.29 is 43.0 Å². The molecular formula is C25H41O9P. The normalized spacial score (nSPS) is 14.3. The lowest BCUT2D eigenvalue weighted by molar-refractivity contribution is -0.159. The fourth-order valence-electron chi connectivity index (χ4n) is 2.77. The molecule has 9 nitrogen and oxygen atoms in total. The maximum atomic E-state index is 11.8. The molecule has 0 spiro atoms. The van der Waals surface area contributed by atoms with Crippen molar-refractivity contribution in [1.29, 1.82) is 0 Å². The number of phosphoric acid groups is 1. The first-order valence-electron chi connectivity index (χ1n) is 12.0. The summed E-state index contributed by atoms with van der Waals surface area (Å²) < 4.78 is 24.9. The van der Waals surface area contributed by atoms with Crippen LogP contribution >= 0.6 is 7.82 Å². The Bertz CT molecular complexity index is 737. The number of unbranched alkanes of at least 4 members (excludes halogenated alkanes) is 3. The number of rotatable bonds is 20. The number of ether oxygens (including phenoxy) is 2. The van der Waals surface area contributed by atoms with Gasteiger partial charge in [-0.1, -0.05) is 74.8 Å². The van der Waals surface area contributed by atoms with Crippen LogP contribution in [-0.4, -0.2) is 52.3 Å². The first kappa shape index (κ1) is 33.0. The van der Waals surface area contributed by atoms with E-state index in [9.17, 15) is 19.3 Å². The second-order valence-corrected chi connectivity index (χ2v) is 9.12. The fraction of sp³-hybridized carbons (Fsp3) is 0.600. The summed E-state index contributed by atoms with van der Waals surface area (Å²) in [5, 5.41) is 9.78. The number of phosphoric ester groups is 1. The van der Waals surface area contributed by atoms with E-state index in [4.69, 9.17) is 19.3 Å². The Morgan fingerprint density at radius 1 is 0.943 bits per heavy atom. The average Bonchev–Trinajstić information content (AvgIpc) is 2.78. The van der Waals surface area contributed by atoms with Crippen LogP contribution in [0.2, 0.25) is 0 Å². The number of carbonyl (C=O) groups excluding carboxylic acids is 2. The van der Waals surface area contributed by atoms with Gasteiger partial charge < -0.3 is 24.4 Å². The van der Waals surface area contributed by atoms with Crippen LogP contribution in [0.25, 0.3) is 0 Å². The second-order valence-electron chi connectivity index (χ2n) is 7.88. The summed E-state index contributed by atoms with van der Waals surface area (Å²) in [6.07, 6.45) is 21.4. The van der Waals surface area contributed by atoms with Crippen molar-refractivity contribution in [3.05, 3.63) is 48.6 Å². The van der Waals surface area contributed by atoms with E-state index in [0.29, 0.717) is 12.8 Å². The topological polar surface area (TPSA) is 140 Å². The van der Waals surface area contributed by atoms with Gasteiger partial charge in [0.25, 0.3) is 0 Å². The molecule has 0 heterocycles. The number of esters is 2. The molecule has 0 aromatic rings. The van der Waals surface area contributed by atoms with Crippen LogP contribution in [0.5, 0.6) is 0 Å². The smallest absolute Gasteiger partial charge is 0.462 e. The lowest BCUT2D eigenvalue weighted by atomic mass is 10.1. The third-order valence-corrected chi connectivity index (χ3v) is 4.99. The molecule has 2 atom stereocenters. The molecule has 0 fully saturated rings. The molecule has 0 amide bonds. The molecule has 0 aliphatic rings. The Kier molecular flexibility index (Phi) is 20.0. The number of aliphatic hydroxyl groups is 1. The summed E-state index contributed by atoms with van der Waals surface area (Å²) >= 11 is 0. The van der Waals surface area contributed by atoms with Gasteiger partial charge in [0.1, 0.15) is 6.61 Å². The second kappa shape index (κ2) is 21.3. The zero-order valence-electron chi connectivity index (χ0n) is 20.8. The largest absolute Gasteiger partial charge is 0.469 e. The van der Waals surface area contributed by atoms with Gasteiger partial charge in [0.05, 0.1) is 12.7 Å². The van der Waals surface area contributed by atoms with Crippen molar-refractivity contribution in [2.24, 2.45) is 0 Å². The van der Waals surface area contributed by atoms with Crippen LogP contribution in [0.3, 0.4) is 0 Å². The van der Waals surface area contributed by atoms with E-state index in [2.05, 4.69) is 17.5 Å². The standard InChI is InChI=1S/C25H41O9P/c1-3-4-14-17-23(27)18-15-12-10-8-6-5-7-9-11-13-16-19-25(28)32-20-24(34-22(2)26)21-33-35(29,30)31/h5-6,9-12,15,18,23-24,27H,3-4,7-8,13-14,16-17,19-21H2,1-2H3,(H2,29,30,31)/b6-5-,11-9-,12-10-,18-15+/t23-,24-/m1/s1. The highest BCUT2D eigenvalue weighted by Crippen LogP contribution is 2.35. The molecule has 200 valence electrons. The lowest BCUT2D eigenvalue weighted by Gasteiger charge is -2.17. The van der Waals surface area contributed by atoms with Crippen molar-refractivity contribution >= 4 is 19.8 Å². The summed E-state index contributed by atoms with van der Waals surface area (Å²) in [7, 11) is -4.72. The Labute approximate surface area is 208 Å². The van der Waals surface area contributed by atoms with E-state index in [1.807, 2.05) is 42.5 Å². The van der Waals surface area contributed by atoms with Crippen molar-refractivity contribution in [1.82, 2.24) is 0 Å². The molecule has 0 radical (unpaired) electrons. The Balaban J connectivity index is 3.92. The third-order valence-electron chi connectivity index (χ3n) is 4.50. The van der Waals surface area contributed by atoms with Crippen LogP contribution < -0.4 is 0 Å². The SMILES string of the molecule is CCCCC[C@@H](O)/C=C/C=C\C/C=C\C/C=C\CCCC(=O)OC[C@H](COP(=O)(O)O)OC(C)=O. The van der Waals surface area contributed by atoms with Gasteiger partial charge in [-0.3, -0.25) is 14.1 Å². The number of carbonyl (C=O) groups is 2. The van der Waals surface area contributed by atoms with Crippen LogP contribution in [0.1, 0.15) is 71.6 Å². The molecule has 0 aromatic heterocycles. The minimum Gasteiger partial charge on any atom is -0.462 e. The van der Waals surface area contributed by atoms with E-state index in [0.717, 1.165) is 45.4 Å². The lowest BCUT2D eigenvalue weighted by Crippen LogP contribution is -2.28. The fourth-order valence-corrected chi connectivity index (χ4v) is 3.13. The molecule has 0 aliphatic heterocycles. The van der Waals surface area contributed by atoms with Crippen LogP contribution in [-0.2, 0) is 28.2 Å². The molecular weight excluding hydrogens is 475 g/mol. The van der Waals surface area contributed by atoms with Gasteiger partial charge in [0.2, 0.25) is 0 Å². The Morgan fingerprint density at radius 2 is 1.63 bits per heavy atom. The van der Waals surface area contributed by atoms with Crippen molar-refractivity contribution in [2.75, 3.05) is 13.2 Å². The number of hydrogen-bond acceptors (Lipinski definition) is 7. The Hall–Kier alpha value is -2.03. The maximum Gasteiger partial charge on any atom is 0.469 e. The molecule has 0 aliphatic carbocycles. The van der Waals surface area contributed by atoms with Gasteiger partial charge in [-0.25, -0.2) is 4.57 Å². The first-order chi connectivity index (χ1) is 16.6. The molecule has 3 N–H and O–H groups in total. The summed E-state index contributed by atoms with van der Waals surface area (Å²) in [4.78, 5) is 40.3. The highest BCUT2D eigenvalue weighted by molar-refractivity contribution is 7.46. The molecule has 0 saturated carbocycles.